The highest BCUT2D eigenvalue weighted by Gasteiger charge is 2.21. The van der Waals surface area contributed by atoms with Crippen LogP contribution in [0.5, 0.6) is 0 Å². The fraction of sp³-hybridized carbons (Fsp3) is 0.400. The molecular formula is C20H24N4OS2. The molecule has 27 heavy (non-hydrogen) atoms. The molecule has 0 aliphatic carbocycles. The van der Waals surface area contributed by atoms with E-state index in [1.165, 1.54) is 28.7 Å². The van der Waals surface area contributed by atoms with E-state index in [0.29, 0.717) is 17.5 Å². The third-order valence-electron chi connectivity index (χ3n) is 4.11. The van der Waals surface area contributed by atoms with Gasteiger partial charge in [-0.1, -0.05) is 62.1 Å². The number of anilines is 1. The summed E-state index contributed by atoms with van der Waals surface area (Å²) in [5.74, 6) is 0.463. The Labute approximate surface area is 168 Å². The third-order valence-corrected chi connectivity index (χ3v) is 6.25. The maximum absolute atomic E-state index is 12.7. The number of fused-ring (bicyclic) bond motifs is 1. The second kappa shape index (κ2) is 8.80. The number of pyridine rings is 1. The molecule has 0 radical (unpaired) electrons. The molecule has 2 aromatic heterocycles. The van der Waals surface area contributed by atoms with Gasteiger partial charge in [-0.3, -0.25) is 10.1 Å². The molecule has 1 aromatic carbocycles. The fourth-order valence-electron chi connectivity index (χ4n) is 2.77. The van der Waals surface area contributed by atoms with Crippen molar-refractivity contribution in [3.05, 3.63) is 40.9 Å². The van der Waals surface area contributed by atoms with E-state index in [0.717, 1.165) is 27.4 Å². The number of benzene rings is 1. The maximum atomic E-state index is 12.7. The van der Waals surface area contributed by atoms with Gasteiger partial charge in [-0.15, -0.1) is 10.2 Å². The zero-order valence-electron chi connectivity index (χ0n) is 16.0. The summed E-state index contributed by atoms with van der Waals surface area (Å²) in [6, 6.07) is 10.1. The summed E-state index contributed by atoms with van der Waals surface area (Å²) in [6.45, 7) is 8.37. The molecule has 2 heterocycles. The van der Waals surface area contributed by atoms with Gasteiger partial charge in [0.15, 0.2) is 0 Å². The summed E-state index contributed by atoms with van der Waals surface area (Å²) in [4.78, 5) is 17.4. The largest absolute Gasteiger partial charge is 0.300 e. The molecule has 142 valence electrons. The third kappa shape index (κ3) is 5.05. The average Bonchev–Trinajstić information content (AvgIpc) is 3.05. The van der Waals surface area contributed by atoms with E-state index in [4.69, 9.17) is 4.98 Å². The van der Waals surface area contributed by atoms with E-state index in [9.17, 15) is 4.79 Å². The SMILES string of the molecule is CCC(Sc1cc(C)c2ccccc2n1)C(=O)Nc1nnc(CC(C)C)s1. The average molecular weight is 401 g/mol. The number of rotatable bonds is 7. The van der Waals surface area contributed by atoms with E-state index in [2.05, 4.69) is 48.4 Å². The van der Waals surface area contributed by atoms with Crippen molar-refractivity contribution in [2.45, 2.75) is 50.8 Å². The topological polar surface area (TPSA) is 67.8 Å². The minimum absolute atomic E-state index is 0.0534. The van der Waals surface area contributed by atoms with Crippen LogP contribution in [0.2, 0.25) is 0 Å². The van der Waals surface area contributed by atoms with Crippen LogP contribution in [0.25, 0.3) is 10.9 Å². The fourth-order valence-corrected chi connectivity index (χ4v) is 4.74. The molecule has 0 aliphatic heterocycles. The van der Waals surface area contributed by atoms with E-state index in [1.807, 2.05) is 25.1 Å². The number of nitrogens with one attached hydrogen (secondary N) is 1. The first-order valence-electron chi connectivity index (χ1n) is 9.12. The van der Waals surface area contributed by atoms with Gasteiger partial charge in [-0.05, 0) is 37.0 Å². The molecule has 0 saturated heterocycles. The molecule has 3 aromatic rings. The lowest BCUT2D eigenvalue weighted by atomic mass is 10.1. The van der Waals surface area contributed by atoms with Gasteiger partial charge in [-0.25, -0.2) is 4.98 Å². The van der Waals surface area contributed by atoms with Crippen LogP contribution in [0.3, 0.4) is 0 Å². The molecule has 0 spiro atoms. The molecule has 0 aliphatic rings. The smallest absolute Gasteiger partial charge is 0.239 e. The first kappa shape index (κ1) is 19.8. The molecule has 5 nitrogen and oxygen atoms in total. The molecular weight excluding hydrogens is 376 g/mol. The monoisotopic (exact) mass is 400 g/mol. The van der Waals surface area contributed by atoms with Gasteiger partial charge >= 0.3 is 0 Å². The summed E-state index contributed by atoms with van der Waals surface area (Å²) >= 11 is 2.94. The van der Waals surface area contributed by atoms with Crippen LogP contribution in [0.15, 0.2) is 35.4 Å². The van der Waals surface area contributed by atoms with Crippen molar-refractivity contribution in [3.8, 4) is 0 Å². The number of hydrogen-bond acceptors (Lipinski definition) is 6. The van der Waals surface area contributed by atoms with Gasteiger partial charge in [0, 0.05) is 11.8 Å². The van der Waals surface area contributed by atoms with Gasteiger partial charge in [-0.2, -0.15) is 0 Å². The molecule has 1 atom stereocenters. The predicted octanol–water partition coefficient (Wildman–Crippen LogP) is 5.10. The first-order valence-corrected chi connectivity index (χ1v) is 10.8. The van der Waals surface area contributed by atoms with Crippen molar-refractivity contribution in [1.82, 2.24) is 15.2 Å². The Morgan fingerprint density at radius 1 is 1.26 bits per heavy atom. The summed E-state index contributed by atoms with van der Waals surface area (Å²) in [5, 5.41) is 14.5. The molecule has 1 N–H and O–H groups in total. The lowest BCUT2D eigenvalue weighted by Gasteiger charge is -2.14. The Bertz CT molecular complexity index is 939. The molecule has 7 heteroatoms. The van der Waals surface area contributed by atoms with Crippen LogP contribution in [0, 0.1) is 12.8 Å². The summed E-state index contributed by atoms with van der Waals surface area (Å²) in [6.07, 6.45) is 1.58. The Hall–Kier alpha value is -1.99. The van der Waals surface area contributed by atoms with E-state index in [1.54, 1.807) is 0 Å². The van der Waals surface area contributed by atoms with Gasteiger partial charge < -0.3 is 0 Å². The number of hydrogen-bond donors (Lipinski definition) is 1. The number of aromatic nitrogens is 3. The van der Waals surface area contributed by atoms with Crippen LogP contribution < -0.4 is 5.32 Å². The van der Waals surface area contributed by atoms with E-state index >= 15 is 0 Å². The van der Waals surface area contributed by atoms with Crippen LogP contribution >= 0.6 is 23.1 Å². The highest BCUT2D eigenvalue weighted by molar-refractivity contribution is 8.00. The quantitative estimate of drug-likeness (QED) is 0.559. The second-order valence-corrected chi connectivity index (χ2v) is 9.18. The minimum Gasteiger partial charge on any atom is -0.300 e. The molecule has 0 bridgehead atoms. The van der Waals surface area contributed by atoms with Crippen molar-refractivity contribution in [3.63, 3.8) is 0 Å². The Kier molecular flexibility index (Phi) is 6.44. The number of para-hydroxylation sites is 1. The minimum atomic E-state index is -0.226. The lowest BCUT2D eigenvalue weighted by molar-refractivity contribution is -0.115. The summed E-state index contributed by atoms with van der Waals surface area (Å²) < 4.78 is 0. The highest BCUT2D eigenvalue weighted by Crippen LogP contribution is 2.29. The number of amides is 1. The Morgan fingerprint density at radius 2 is 2.04 bits per heavy atom. The molecule has 0 fully saturated rings. The molecule has 1 amide bonds. The number of aryl methyl sites for hydroxylation is 1. The van der Waals surface area contributed by atoms with Gasteiger partial charge in [0.25, 0.3) is 0 Å². The zero-order chi connectivity index (χ0) is 19.4. The van der Waals surface area contributed by atoms with Gasteiger partial charge in [0.05, 0.1) is 15.8 Å². The number of carbonyl (C=O) groups excluding carboxylic acids is 1. The van der Waals surface area contributed by atoms with Gasteiger partial charge in [0.2, 0.25) is 11.0 Å². The molecule has 1 unspecified atom stereocenters. The summed E-state index contributed by atoms with van der Waals surface area (Å²) in [5.41, 5.74) is 2.12. The van der Waals surface area contributed by atoms with Crippen molar-refractivity contribution in [2.24, 2.45) is 5.92 Å². The standard InChI is InChI=1S/C20H24N4OS2/c1-5-16(19(25)22-20-24-23-18(27-20)10-12(2)3)26-17-11-13(4)14-8-6-7-9-15(14)21-17/h6-9,11-12,16H,5,10H2,1-4H3,(H,22,24,25). The lowest BCUT2D eigenvalue weighted by Crippen LogP contribution is -2.24. The van der Waals surface area contributed by atoms with Crippen LogP contribution in [0.4, 0.5) is 5.13 Å². The van der Waals surface area contributed by atoms with Crippen molar-refractivity contribution < 1.29 is 4.79 Å². The highest BCUT2D eigenvalue weighted by atomic mass is 32.2. The maximum Gasteiger partial charge on any atom is 0.239 e. The van der Waals surface area contributed by atoms with Crippen molar-refractivity contribution >= 4 is 45.0 Å². The molecule has 3 rings (SSSR count). The van der Waals surface area contributed by atoms with Crippen LogP contribution in [-0.4, -0.2) is 26.3 Å². The van der Waals surface area contributed by atoms with Gasteiger partial charge in [0.1, 0.15) is 5.01 Å². The second-order valence-electron chi connectivity index (χ2n) is 6.90. The van der Waals surface area contributed by atoms with Crippen LogP contribution in [-0.2, 0) is 11.2 Å². The number of thioether (sulfide) groups is 1. The Morgan fingerprint density at radius 3 is 2.78 bits per heavy atom. The van der Waals surface area contributed by atoms with E-state index < -0.39 is 0 Å². The number of carbonyl (C=O) groups is 1. The first-order chi connectivity index (χ1) is 13.0. The predicted molar refractivity (Wildman–Crippen MR) is 113 cm³/mol. The number of nitrogens with zero attached hydrogens (tertiary/aromatic N) is 3. The van der Waals surface area contributed by atoms with Crippen molar-refractivity contribution in [1.29, 1.82) is 0 Å². The summed E-state index contributed by atoms with van der Waals surface area (Å²) in [7, 11) is 0. The van der Waals surface area contributed by atoms with Crippen LogP contribution in [0.1, 0.15) is 37.8 Å². The van der Waals surface area contributed by atoms with E-state index in [-0.39, 0.29) is 11.2 Å². The van der Waals surface area contributed by atoms with Crippen molar-refractivity contribution in [2.75, 3.05) is 5.32 Å². The zero-order valence-corrected chi connectivity index (χ0v) is 17.7. The Balaban J connectivity index is 1.71. The molecule has 0 saturated carbocycles. The normalized spacial score (nSPS) is 12.5.